The maximum absolute atomic E-state index is 4.01. The highest BCUT2D eigenvalue weighted by Gasteiger charge is 2.51. The first-order chi connectivity index (χ1) is 10.2. The molecule has 5 atom stereocenters. The van der Waals surface area contributed by atoms with Gasteiger partial charge in [-0.05, 0) is 41.7 Å². The summed E-state index contributed by atoms with van der Waals surface area (Å²) in [6.45, 7) is 9.27. The zero-order chi connectivity index (χ0) is 14.9. The van der Waals surface area contributed by atoms with Crippen molar-refractivity contribution in [3.8, 4) is 0 Å². The first kappa shape index (κ1) is 15.3. The van der Waals surface area contributed by atoms with Gasteiger partial charge in [-0.25, -0.2) is 0 Å². The van der Waals surface area contributed by atoms with Crippen LogP contribution in [0.15, 0.2) is 37.0 Å². The van der Waals surface area contributed by atoms with Gasteiger partial charge in [-0.2, -0.15) is 0 Å². The Morgan fingerprint density at radius 1 is 1.14 bits per heavy atom. The second-order valence-electron chi connectivity index (χ2n) is 8.06. The predicted octanol–water partition coefficient (Wildman–Crippen LogP) is 6.35. The molecular weight excluding hydrogens is 268 g/mol. The largest absolute Gasteiger partial charge is 0.103 e. The molecule has 3 aliphatic carbocycles. The van der Waals surface area contributed by atoms with Crippen molar-refractivity contribution in [2.45, 2.75) is 69.1 Å². The van der Waals surface area contributed by atoms with Crippen LogP contribution in [0.25, 0.3) is 0 Å². The first-order valence-electron chi connectivity index (χ1n) is 9.12. The number of fused-ring (bicyclic) bond motifs is 1. The van der Waals surface area contributed by atoms with Crippen LogP contribution in [0.3, 0.4) is 0 Å². The summed E-state index contributed by atoms with van der Waals surface area (Å²) in [7, 11) is -1.21. The van der Waals surface area contributed by atoms with E-state index in [-0.39, 0.29) is 0 Å². The second kappa shape index (κ2) is 6.28. The van der Waals surface area contributed by atoms with Crippen molar-refractivity contribution in [2.75, 3.05) is 0 Å². The second-order valence-corrected chi connectivity index (χ2v) is 13.1. The van der Waals surface area contributed by atoms with Crippen molar-refractivity contribution in [2.24, 2.45) is 17.8 Å². The summed E-state index contributed by atoms with van der Waals surface area (Å²) in [5.41, 5.74) is 2.11. The summed E-state index contributed by atoms with van der Waals surface area (Å²) in [5, 5.41) is 0. The highest BCUT2D eigenvalue weighted by Crippen LogP contribution is 2.58. The molecule has 0 amide bonds. The van der Waals surface area contributed by atoms with E-state index in [2.05, 4.69) is 50.4 Å². The third-order valence-electron chi connectivity index (χ3n) is 6.99. The average Bonchev–Trinajstić information content (AvgIpc) is 3.14. The lowest BCUT2D eigenvalue weighted by Gasteiger charge is -2.42. The Balaban J connectivity index is 1.87. The Morgan fingerprint density at radius 3 is 2.48 bits per heavy atom. The molecule has 0 heterocycles. The summed E-state index contributed by atoms with van der Waals surface area (Å²) >= 11 is 0. The van der Waals surface area contributed by atoms with E-state index in [9.17, 15) is 0 Å². The molecule has 116 valence electrons. The lowest BCUT2D eigenvalue weighted by atomic mass is 9.87. The van der Waals surface area contributed by atoms with Crippen LogP contribution in [0, 0.1) is 17.8 Å². The Kier molecular flexibility index (Phi) is 4.59. The van der Waals surface area contributed by atoms with Gasteiger partial charge in [0, 0.05) is 0 Å². The minimum atomic E-state index is -1.21. The third-order valence-corrected chi connectivity index (χ3v) is 13.1. The maximum atomic E-state index is 4.01. The van der Waals surface area contributed by atoms with Crippen LogP contribution in [0.5, 0.6) is 0 Å². The molecule has 0 N–H and O–H groups in total. The van der Waals surface area contributed by atoms with Gasteiger partial charge in [0.1, 0.15) is 0 Å². The third kappa shape index (κ3) is 2.74. The van der Waals surface area contributed by atoms with Crippen LogP contribution in [0.2, 0.25) is 23.7 Å². The lowest BCUT2D eigenvalue weighted by Crippen LogP contribution is -2.42. The average molecular weight is 301 g/mol. The van der Waals surface area contributed by atoms with Crippen LogP contribution in [0.4, 0.5) is 0 Å². The first-order valence-corrected chi connectivity index (χ1v) is 12.0. The smallest absolute Gasteiger partial charge is 0.0576 e. The molecule has 21 heavy (non-hydrogen) atoms. The van der Waals surface area contributed by atoms with E-state index in [1.165, 1.54) is 44.6 Å². The number of hydrogen-bond donors (Lipinski definition) is 0. The number of allylic oxidation sites excluding steroid dienone is 5. The van der Waals surface area contributed by atoms with Gasteiger partial charge >= 0.3 is 0 Å². The fourth-order valence-electron chi connectivity index (χ4n) is 5.73. The Hall–Kier alpha value is -0.563. The van der Waals surface area contributed by atoms with E-state index in [4.69, 9.17) is 0 Å². The molecule has 5 unspecified atom stereocenters. The van der Waals surface area contributed by atoms with E-state index in [0.29, 0.717) is 0 Å². The summed E-state index contributed by atoms with van der Waals surface area (Å²) in [4.78, 5) is 0. The molecule has 0 bridgehead atoms. The molecule has 0 nitrogen and oxygen atoms in total. The maximum Gasteiger partial charge on any atom is 0.0576 e. The zero-order valence-electron chi connectivity index (χ0n) is 13.9. The van der Waals surface area contributed by atoms with Crippen LogP contribution in [-0.4, -0.2) is 8.07 Å². The zero-order valence-corrected chi connectivity index (χ0v) is 14.9. The van der Waals surface area contributed by atoms with Crippen molar-refractivity contribution in [1.29, 1.82) is 0 Å². The van der Waals surface area contributed by atoms with Gasteiger partial charge in [0.05, 0.1) is 8.07 Å². The van der Waals surface area contributed by atoms with Gasteiger partial charge in [-0.3, -0.25) is 0 Å². The van der Waals surface area contributed by atoms with Crippen molar-refractivity contribution < 1.29 is 0 Å². The predicted molar refractivity (Wildman–Crippen MR) is 96.2 cm³/mol. The van der Waals surface area contributed by atoms with Gasteiger partial charge in [-0.1, -0.05) is 75.6 Å². The molecule has 1 heteroatoms. The van der Waals surface area contributed by atoms with Crippen LogP contribution < -0.4 is 0 Å². The normalized spacial score (nSPS) is 38.4. The molecule has 0 spiro atoms. The minimum Gasteiger partial charge on any atom is -0.103 e. The fourth-order valence-corrected chi connectivity index (χ4v) is 11.8. The van der Waals surface area contributed by atoms with Crippen molar-refractivity contribution in [3.05, 3.63) is 37.0 Å². The summed E-state index contributed by atoms with van der Waals surface area (Å²) in [6.07, 6.45) is 20.6. The van der Waals surface area contributed by atoms with Crippen molar-refractivity contribution >= 4 is 8.07 Å². The van der Waals surface area contributed by atoms with Gasteiger partial charge in [0.25, 0.3) is 0 Å². The van der Waals surface area contributed by atoms with E-state index < -0.39 is 8.07 Å². The Labute approximate surface area is 132 Å². The fraction of sp³-hybridized carbons (Fsp3) is 0.700. The molecule has 0 aromatic rings. The quantitative estimate of drug-likeness (QED) is 0.410. The van der Waals surface area contributed by atoms with Gasteiger partial charge in [-0.15, -0.1) is 6.58 Å². The molecule has 3 aliphatic rings. The minimum absolute atomic E-state index is 0.831. The van der Waals surface area contributed by atoms with Crippen LogP contribution in [-0.2, 0) is 0 Å². The van der Waals surface area contributed by atoms with E-state index >= 15 is 0 Å². The van der Waals surface area contributed by atoms with E-state index in [1.807, 2.05) is 0 Å². The molecular formula is C20H32Si. The highest BCUT2D eigenvalue weighted by atomic mass is 28.3. The highest BCUT2D eigenvalue weighted by molar-refractivity contribution is 6.81. The molecule has 3 rings (SSSR count). The molecule has 0 aromatic carbocycles. The monoisotopic (exact) mass is 300 g/mol. The van der Waals surface area contributed by atoms with E-state index in [1.54, 1.807) is 0 Å². The molecule has 0 aliphatic heterocycles. The molecule has 0 aromatic heterocycles. The SMILES string of the molecule is C=CCC[Si](C)(C1CCCC1)C1CC(C)C2C=CC=CC21. The summed E-state index contributed by atoms with van der Waals surface area (Å²) in [5.74, 6) is 2.57. The number of rotatable bonds is 5. The van der Waals surface area contributed by atoms with Crippen LogP contribution in [0.1, 0.15) is 45.4 Å². The molecule has 0 saturated heterocycles. The molecule has 0 radical (unpaired) electrons. The van der Waals surface area contributed by atoms with Crippen molar-refractivity contribution in [3.63, 3.8) is 0 Å². The molecule has 2 saturated carbocycles. The summed E-state index contributed by atoms with van der Waals surface area (Å²) in [6, 6.07) is 1.49. The number of hydrogen-bond acceptors (Lipinski definition) is 0. The van der Waals surface area contributed by atoms with Gasteiger partial charge in [0.15, 0.2) is 0 Å². The summed E-state index contributed by atoms with van der Waals surface area (Å²) < 4.78 is 0. The Bertz CT molecular complexity index is 429. The van der Waals surface area contributed by atoms with Gasteiger partial charge < -0.3 is 0 Å². The Morgan fingerprint density at radius 2 is 1.81 bits per heavy atom. The standard InChI is InChI=1S/C20H32Si/c1-4-5-14-21(3,17-10-6-7-11-17)20-15-16(2)18-12-8-9-13-19(18)20/h4,8-9,12-13,16-20H,1,5-7,10-11,14-15H2,2-3H3. The lowest BCUT2D eigenvalue weighted by molar-refractivity contribution is 0.449. The van der Waals surface area contributed by atoms with E-state index in [0.717, 1.165) is 28.8 Å². The van der Waals surface area contributed by atoms with Crippen molar-refractivity contribution in [1.82, 2.24) is 0 Å². The van der Waals surface area contributed by atoms with Crippen LogP contribution >= 0.6 is 0 Å². The van der Waals surface area contributed by atoms with Gasteiger partial charge in [0.2, 0.25) is 0 Å². The molecule has 2 fully saturated rings. The topological polar surface area (TPSA) is 0 Å².